The fourth-order valence-electron chi connectivity index (χ4n) is 1.73. The maximum absolute atomic E-state index is 5.46. The van der Waals surface area contributed by atoms with E-state index in [4.69, 9.17) is 5.73 Å². The summed E-state index contributed by atoms with van der Waals surface area (Å²) in [5.74, 6) is 1.80. The zero-order chi connectivity index (χ0) is 9.40. The highest BCUT2D eigenvalue weighted by Gasteiger charge is 2.07. The average molecular weight is 171 g/mol. The molecule has 12 heavy (non-hydrogen) atoms. The zero-order valence-corrected chi connectivity index (χ0v) is 8.97. The molecule has 1 unspecified atom stereocenters. The second-order valence-electron chi connectivity index (χ2n) is 4.19. The molecule has 0 radical (unpaired) electrons. The van der Waals surface area contributed by atoms with Crippen LogP contribution in [-0.2, 0) is 0 Å². The molecule has 0 aromatic rings. The highest BCUT2D eigenvalue weighted by molar-refractivity contribution is 4.60. The lowest BCUT2D eigenvalue weighted by Gasteiger charge is -2.16. The van der Waals surface area contributed by atoms with Crippen molar-refractivity contribution in [3.8, 4) is 0 Å². The van der Waals surface area contributed by atoms with E-state index in [0.29, 0.717) is 0 Å². The van der Waals surface area contributed by atoms with Gasteiger partial charge in [0.25, 0.3) is 0 Å². The molecule has 0 saturated carbocycles. The third kappa shape index (κ3) is 6.66. The molecule has 0 spiro atoms. The fourth-order valence-corrected chi connectivity index (χ4v) is 1.73. The molecule has 0 aliphatic rings. The summed E-state index contributed by atoms with van der Waals surface area (Å²) in [5, 5.41) is 0. The lowest BCUT2D eigenvalue weighted by Crippen LogP contribution is -2.05. The van der Waals surface area contributed by atoms with E-state index in [1.807, 2.05) is 0 Å². The van der Waals surface area contributed by atoms with Gasteiger partial charge in [-0.15, -0.1) is 0 Å². The molecule has 0 aromatic carbocycles. The van der Waals surface area contributed by atoms with Crippen LogP contribution in [0.5, 0.6) is 0 Å². The zero-order valence-electron chi connectivity index (χ0n) is 8.97. The van der Waals surface area contributed by atoms with Crippen LogP contribution in [0.2, 0.25) is 0 Å². The Hall–Kier alpha value is -0.0400. The molecular formula is C11H25N. The van der Waals surface area contributed by atoms with Gasteiger partial charge >= 0.3 is 0 Å². The Morgan fingerprint density at radius 2 is 1.83 bits per heavy atom. The van der Waals surface area contributed by atoms with Crippen LogP contribution in [0.25, 0.3) is 0 Å². The summed E-state index contributed by atoms with van der Waals surface area (Å²) in [7, 11) is 0. The number of hydrogen-bond donors (Lipinski definition) is 1. The average Bonchev–Trinajstić information content (AvgIpc) is 2.02. The van der Waals surface area contributed by atoms with Gasteiger partial charge in [-0.3, -0.25) is 0 Å². The van der Waals surface area contributed by atoms with Crippen molar-refractivity contribution >= 4 is 0 Å². The lowest BCUT2D eigenvalue weighted by molar-refractivity contribution is 0.365. The first-order chi connectivity index (χ1) is 5.70. The van der Waals surface area contributed by atoms with Crippen molar-refractivity contribution in [2.75, 3.05) is 6.54 Å². The van der Waals surface area contributed by atoms with Gasteiger partial charge in [-0.2, -0.15) is 0 Å². The van der Waals surface area contributed by atoms with Gasteiger partial charge in [0.15, 0.2) is 0 Å². The van der Waals surface area contributed by atoms with Crippen molar-refractivity contribution in [2.24, 2.45) is 17.6 Å². The second kappa shape index (κ2) is 7.60. The Balaban J connectivity index is 3.39. The van der Waals surface area contributed by atoms with Crippen LogP contribution in [0.4, 0.5) is 0 Å². The summed E-state index contributed by atoms with van der Waals surface area (Å²) < 4.78 is 0. The van der Waals surface area contributed by atoms with E-state index in [2.05, 4.69) is 20.8 Å². The van der Waals surface area contributed by atoms with Crippen molar-refractivity contribution in [3.05, 3.63) is 0 Å². The van der Waals surface area contributed by atoms with Gasteiger partial charge in [-0.1, -0.05) is 40.0 Å². The normalized spacial score (nSPS) is 13.8. The summed E-state index contributed by atoms with van der Waals surface area (Å²) in [6, 6.07) is 0. The van der Waals surface area contributed by atoms with Crippen LogP contribution in [0, 0.1) is 11.8 Å². The van der Waals surface area contributed by atoms with E-state index in [1.165, 1.54) is 32.1 Å². The van der Waals surface area contributed by atoms with Gasteiger partial charge in [0.1, 0.15) is 0 Å². The Labute approximate surface area is 77.7 Å². The summed E-state index contributed by atoms with van der Waals surface area (Å²) in [4.78, 5) is 0. The molecule has 2 N–H and O–H groups in total. The maximum atomic E-state index is 5.46. The molecule has 0 saturated heterocycles. The van der Waals surface area contributed by atoms with E-state index in [1.54, 1.807) is 0 Å². The molecule has 1 nitrogen and oxygen atoms in total. The summed E-state index contributed by atoms with van der Waals surface area (Å²) in [5.41, 5.74) is 5.46. The number of rotatable bonds is 7. The van der Waals surface area contributed by atoms with Crippen molar-refractivity contribution in [1.29, 1.82) is 0 Å². The smallest absolute Gasteiger partial charge is 0.00773 e. The molecule has 0 rings (SSSR count). The first-order valence-electron chi connectivity index (χ1n) is 5.40. The minimum atomic E-state index is 0.854. The summed E-state index contributed by atoms with van der Waals surface area (Å²) >= 11 is 0. The maximum Gasteiger partial charge on any atom is -0.00773 e. The molecule has 1 atom stereocenters. The molecule has 0 amide bonds. The third-order valence-electron chi connectivity index (χ3n) is 2.45. The topological polar surface area (TPSA) is 26.0 Å². The standard InChI is InChI=1S/C11H25N/c1-4-11(9-10(2)3)7-5-6-8-12/h10-11H,4-9,12H2,1-3H3. The molecule has 0 aliphatic heterocycles. The van der Waals surface area contributed by atoms with Crippen molar-refractivity contribution in [3.63, 3.8) is 0 Å². The molecule has 0 bridgehead atoms. The van der Waals surface area contributed by atoms with Crippen LogP contribution in [0.3, 0.4) is 0 Å². The Bertz CT molecular complexity index is 89.0. The van der Waals surface area contributed by atoms with Gasteiger partial charge in [-0.25, -0.2) is 0 Å². The predicted molar refractivity (Wildman–Crippen MR) is 56.1 cm³/mol. The van der Waals surface area contributed by atoms with E-state index in [9.17, 15) is 0 Å². The van der Waals surface area contributed by atoms with Crippen LogP contribution >= 0.6 is 0 Å². The van der Waals surface area contributed by atoms with Gasteiger partial charge in [0.05, 0.1) is 0 Å². The number of nitrogens with two attached hydrogens (primary N) is 1. The van der Waals surface area contributed by atoms with E-state index in [-0.39, 0.29) is 0 Å². The Morgan fingerprint density at radius 1 is 1.17 bits per heavy atom. The first kappa shape index (κ1) is 12.0. The molecular weight excluding hydrogens is 146 g/mol. The largest absolute Gasteiger partial charge is 0.330 e. The molecule has 0 aliphatic carbocycles. The predicted octanol–water partition coefficient (Wildman–Crippen LogP) is 3.19. The second-order valence-corrected chi connectivity index (χ2v) is 4.19. The van der Waals surface area contributed by atoms with Gasteiger partial charge in [0, 0.05) is 0 Å². The third-order valence-corrected chi connectivity index (χ3v) is 2.45. The SMILES string of the molecule is CCC(CCCCN)CC(C)C. The molecule has 0 aromatic heterocycles. The molecule has 1 heteroatoms. The molecule has 0 fully saturated rings. The highest BCUT2D eigenvalue weighted by Crippen LogP contribution is 2.20. The van der Waals surface area contributed by atoms with Gasteiger partial charge < -0.3 is 5.73 Å². The van der Waals surface area contributed by atoms with Gasteiger partial charge in [-0.05, 0) is 31.2 Å². The van der Waals surface area contributed by atoms with E-state index >= 15 is 0 Å². The Kier molecular flexibility index (Phi) is 7.58. The number of hydrogen-bond acceptors (Lipinski definition) is 1. The molecule has 74 valence electrons. The molecule has 0 heterocycles. The van der Waals surface area contributed by atoms with Gasteiger partial charge in [0.2, 0.25) is 0 Å². The lowest BCUT2D eigenvalue weighted by atomic mass is 9.90. The first-order valence-corrected chi connectivity index (χ1v) is 5.40. The van der Waals surface area contributed by atoms with E-state index < -0.39 is 0 Å². The van der Waals surface area contributed by atoms with Crippen LogP contribution < -0.4 is 5.73 Å². The quantitative estimate of drug-likeness (QED) is 0.585. The summed E-state index contributed by atoms with van der Waals surface area (Å²) in [6.07, 6.45) is 6.63. The minimum Gasteiger partial charge on any atom is -0.330 e. The number of unbranched alkanes of at least 4 members (excludes halogenated alkanes) is 1. The highest BCUT2D eigenvalue weighted by atomic mass is 14.5. The van der Waals surface area contributed by atoms with Crippen LogP contribution in [0.1, 0.15) is 52.9 Å². The van der Waals surface area contributed by atoms with Crippen LogP contribution in [-0.4, -0.2) is 6.54 Å². The van der Waals surface area contributed by atoms with Crippen molar-refractivity contribution < 1.29 is 0 Å². The Morgan fingerprint density at radius 3 is 2.25 bits per heavy atom. The van der Waals surface area contributed by atoms with Crippen molar-refractivity contribution in [1.82, 2.24) is 0 Å². The fraction of sp³-hybridized carbons (Fsp3) is 1.00. The minimum absolute atomic E-state index is 0.854. The van der Waals surface area contributed by atoms with Crippen LogP contribution in [0.15, 0.2) is 0 Å². The summed E-state index contributed by atoms with van der Waals surface area (Å²) in [6.45, 7) is 7.78. The van der Waals surface area contributed by atoms with E-state index in [0.717, 1.165) is 18.4 Å². The monoisotopic (exact) mass is 171 g/mol. The van der Waals surface area contributed by atoms with Crippen molar-refractivity contribution in [2.45, 2.75) is 52.9 Å².